The molecule has 1 unspecified atom stereocenters. The summed E-state index contributed by atoms with van der Waals surface area (Å²) in [5, 5.41) is 0. The zero-order chi connectivity index (χ0) is 9.84. The third kappa shape index (κ3) is 3.56. The number of carbonyl (C=O) groups is 1. The fourth-order valence-corrected chi connectivity index (χ4v) is 1.80. The summed E-state index contributed by atoms with van der Waals surface area (Å²) >= 11 is 2.17. The molecule has 1 rings (SSSR count). The lowest BCUT2D eigenvalue weighted by Crippen LogP contribution is -2.09. The van der Waals surface area contributed by atoms with Crippen molar-refractivity contribution in [3.8, 4) is 0 Å². The summed E-state index contributed by atoms with van der Waals surface area (Å²) in [6.07, 6.45) is 1.53. The van der Waals surface area contributed by atoms with Crippen LogP contribution in [0.4, 0.5) is 0 Å². The predicted octanol–water partition coefficient (Wildman–Crippen LogP) is 1.85. The van der Waals surface area contributed by atoms with Crippen molar-refractivity contribution in [3.63, 3.8) is 0 Å². The first-order valence-corrected chi connectivity index (χ1v) is 6.49. The number of benzene rings is 1. The molecule has 0 aliphatic rings. The van der Waals surface area contributed by atoms with Crippen molar-refractivity contribution >= 4 is 39.2 Å². The van der Waals surface area contributed by atoms with Crippen LogP contribution < -0.4 is 0 Å². The average Bonchev–Trinajstić information content (AvgIpc) is 2.04. The minimum Gasteiger partial charge on any atom is -0.293 e. The third-order valence-electron chi connectivity index (χ3n) is 1.50. The number of hydrogen-bond acceptors (Lipinski definition) is 2. The van der Waals surface area contributed by atoms with E-state index < -0.39 is 10.8 Å². The van der Waals surface area contributed by atoms with E-state index >= 15 is 0 Å². The molecule has 1 aromatic rings. The van der Waals surface area contributed by atoms with Crippen molar-refractivity contribution in [1.82, 2.24) is 0 Å². The number of Topliss-reactive ketones (excluding diaryl/α,β-unsaturated/α-hetero) is 1. The van der Waals surface area contributed by atoms with Gasteiger partial charge >= 0.3 is 0 Å². The second-order valence-corrected chi connectivity index (χ2v) is 5.33. The predicted molar refractivity (Wildman–Crippen MR) is 62.4 cm³/mol. The van der Waals surface area contributed by atoms with Crippen LogP contribution in [0.3, 0.4) is 0 Å². The molecule has 0 radical (unpaired) electrons. The van der Waals surface area contributed by atoms with E-state index in [0.717, 1.165) is 3.57 Å². The number of rotatable bonds is 3. The smallest absolute Gasteiger partial charge is 0.175 e. The van der Waals surface area contributed by atoms with Crippen LogP contribution >= 0.6 is 22.6 Å². The van der Waals surface area contributed by atoms with Crippen molar-refractivity contribution in [2.45, 2.75) is 0 Å². The molecule has 0 bridgehead atoms. The molecule has 0 spiro atoms. The second-order valence-electron chi connectivity index (χ2n) is 2.65. The molecule has 0 aliphatic carbocycles. The number of carbonyl (C=O) groups excluding carboxylic acids is 1. The van der Waals surface area contributed by atoms with E-state index in [1.54, 1.807) is 12.1 Å². The summed E-state index contributed by atoms with van der Waals surface area (Å²) in [5.41, 5.74) is 0.635. The summed E-state index contributed by atoms with van der Waals surface area (Å²) in [5.74, 6) is 0.0536. The summed E-state index contributed by atoms with van der Waals surface area (Å²) in [6.45, 7) is 0. The lowest BCUT2D eigenvalue weighted by atomic mass is 10.2. The molecule has 0 aromatic heterocycles. The molecule has 70 valence electrons. The zero-order valence-corrected chi connectivity index (χ0v) is 10.1. The van der Waals surface area contributed by atoms with Crippen molar-refractivity contribution in [3.05, 3.63) is 33.4 Å². The van der Waals surface area contributed by atoms with Gasteiger partial charge in [0.1, 0.15) is 0 Å². The second kappa shape index (κ2) is 4.85. The van der Waals surface area contributed by atoms with E-state index in [1.807, 2.05) is 12.1 Å². The van der Waals surface area contributed by atoms with Crippen molar-refractivity contribution in [2.24, 2.45) is 0 Å². The van der Waals surface area contributed by atoms with E-state index in [4.69, 9.17) is 0 Å². The van der Waals surface area contributed by atoms with Gasteiger partial charge in [-0.2, -0.15) is 0 Å². The van der Waals surface area contributed by atoms with Crippen LogP contribution in [0.25, 0.3) is 0 Å². The molecule has 13 heavy (non-hydrogen) atoms. The molecule has 4 heteroatoms. The van der Waals surface area contributed by atoms with Crippen LogP contribution in [0.2, 0.25) is 0 Å². The van der Waals surface area contributed by atoms with E-state index in [2.05, 4.69) is 22.6 Å². The van der Waals surface area contributed by atoms with Crippen LogP contribution in [0.1, 0.15) is 10.4 Å². The molecule has 0 N–H and O–H groups in total. The lowest BCUT2D eigenvalue weighted by Gasteiger charge is -1.98. The van der Waals surface area contributed by atoms with E-state index in [0.29, 0.717) is 5.56 Å². The van der Waals surface area contributed by atoms with Crippen molar-refractivity contribution < 1.29 is 9.00 Å². The van der Waals surface area contributed by atoms with Gasteiger partial charge in [-0.1, -0.05) is 12.1 Å². The van der Waals surface area contributed by atoms with Gasteiger partial charge in [0, 0.05) is 26.2 Å². The van der Waals surface area contributed by atoms with E-state index in [9.17, 15) is 9.00 Å². The molecule has 1 aromatic carbocycles. The maximum absolute atomic E-state index is 11.4. The molecule has 0 saturated heterocycles. The molecule has 0 heterocycles. The van der Waals surface area contributed by atoms with Crippen LogP contribution in [0, 0.1) is 3.57 Å². The van der Waals surface area contributed by atoms with Crippen LogP contribution in [-0.4, -0.2) is 22.0 Å². The quantitative estimate of drug-likeness (QED) is 0.631. The van der Waals surface area contributed by atoms with Gasteiger partial charge in [-0.25, -0.2) is 0 Å². The number of hydrogen-bond donors (Lipinski definition) is 0. The van der Waals surface area contributed by atoms with Gasteiger partial charge in [-0.15, -0.1) is 0 Å². The minimum atomic E-state index is -1.05. The molecular formula is C9H9IO2S. The average molecular weight is 308 g/mol. The summed E-state index contributed by atoms with van der Waals surface area (Å²) in [6, 6.07) is 7.26. The Morgan fingerprint density at radius 1 is 1.38 bits per heavy atom. The van der Waals surface area contributed by atoms with Gasteiger partial charge < -0.3 is 0 Å². The first-order valence-electron chi connectivity index (χ1n) is 3.68. The minimum absolute atomic E-state index is 0.0581. The van der Waals surface area contributed by atoms with Gasteiger partial charge in [-0.05, 0) is 34.7 Å². The van der Waals surface area contributed by atoms with Crippen LogP contribution in [0.15, 0.2) is 24.3 Å². The van der Waals surface area contributed by atoms with Crippen molar-refractivity contribution in [2.75, 3.05) is 12.0 Å². The maximum Gasteiger partial charge on any atom is 0.175 e. The molecule has 1 atom stereocenters. The first kappa shape index (κ1) is 10.8. The topological polar surface area (TPSA) is 34.1 Å². The third-order valence-corrected chi connectivity index (χ3v) is 2.89. The van der Waals surface area contributed by atoms with Gasteiger partial charge in [0.05, 0.1) is 5.75 Å². The largest absolute Gasteiger partial charge is 0.293 e. The normalized spacial score (nSPS) is 12.5. The molecular weight excluding hydrogens is 299 g/mol. The Labute approximate surface area is 93.3 Å². The Morgan fingerprint density at radius 3 is 2.38 bits per heavy atom. The molecule has 0 amide bonds. The van der Waals surface area contributed by atoms with Crippen LogP contribution in [0.5, 0.6) is 0 Å². The fraction of sp³-hybridized carbons (Fsp3) is 0.222. The lowest BCUT2D eigenvalue weighted by molar-refractivity contribution is 0.102. The Bertz CT molecular complexity index is 332. The fourth-order valence-electron chi connectivity index (χ4n) is 0.904. The Hall–Kier alpha value is -0.230. The molecule has 0 aliphatic heterocycles. The summed E-state index contributed by atoms with van der Waals surface area (Å²) in [7, 11) is -1.05. The van der Waals surface area contributed by atoms with Crippen LogP contribution in [-0.2, 0) is 10.8 Å². The highest BCUT2D eigenvalue weighted by Gasteiger charge is 2.06. The highest BCUT2D eigenvalue weighted by Crippen LogP contribution is 2.07. The van der Waals surface area contributed by atoms with Gasteiger partial charge in [0.25, 0.3) is 0 Å². The molecule has 2 nitrogen and oxygen atoms in total. The number of halogens is 1. The molecule has 0 saturated carbocycles. The van der Waals surface area contributed by atoms with Gasteiger partial charge in [-0.3, -0.25) is 9.00 Å². The summed E-state index contributed by atoms with van der Waals surface area (Å²) in [4.78, 5) is 11.4. The summed E-state index contributed by atoms with van der Waals surface area (Å²) < 4.78 is 11.9. The first-order chi connectivity index (χ1) is 6.09. The monoisotopic (exact) mass is 308 g/mol. The Kier molecular flexibility index (Phi) is 4.05. The SMILES string of the molecule is CS(=O)CC(=O)c1ccc(I)cc1. The Balaban J connectivity index is 2.78. The van der Waals surface area contributed by atoms with E-state index in [-0.39, 0.29) is 11.5 Å². The molecule has 0 fully saturated rings. The highest BCUT2D eigenvalue weighted by molar-refractivity contribution is 14.1. The maximum atomic E-state index is 11.4. The van der Waals surface area contributed by atoms with Gasteiger partial charge in [0.15, 0.2) is 5.78 Å². The number of ketones is 1. The highest BCUT2D eigenvalue weighted by atomic mass is 127. The van der Waals surface area contributed by atoms with Gasteiger partial charge in [0.2, 0.25) is 0 Å². The van der Waals surface area contributed by atoms with Crippen molar-refractivity contribution in [1.29, 1.82) is 0 Å². The Morgan fingerprint density at radius 2 is 1.92 bits per heavy atom. The zero-order valence-electron chi connectivity index (χ0n) is 7.12. The van der Waals surface area contributed by atoms with E-state index in [1.165, 1.54) is 6.26 Å². The standard InChI is InChI=1S/C9H9IO2S/c1-13(12)6-9(11)7-2-4-8(10)5-3-7/h2-5H,6H2,1H3.